The standard InChI is InChI=1S/C12H22O2/c1-4-6-11-10(7-5-8-13)9-12(2,3)14-11/h4,10-11,13H,1,5-9H2,2-3H3/t10-,11+/m0/s1. The Labute approximate surface area is 87.0 Å². The molecule has 0 unspecified atom stereocenters. The number of aliphatic hydroxyl groups excluding tert-OH is 1. The number of hydrogen-bond donors (Lipinski definition) is 1. The summed E-state index contributed by atoms with van der Waals surface area (Å²) in [6, 6.07) is 0. The minimum atomic E-state index is 0.00774. The molecule has 1 fully saturated rings. The van der Waals surface area contributed by atoms with Gasteiger partial charge in [-0.05, 0) is 45.4 Å². The third kappa shape index (κ3) is 3.10. The van der Waals surface area contributed by atoms with Crippen LogP contribution in [0.25, 0.3) is 0 Å². The van der Waals surface area contributed by atoms with Crippen LogP contribution in [-0.4, -0.2) is 23.4 Å². The number of ether oxygens (including phenoxy) is 1. The molecule has 2 atom stereocenters. The van der Waals surface area contributed by atoms with Crippen LogP contribution in [0.5, 0.6) is 0 Å². The molecule has 2 heteroatoms. The molecule has 0 bridgehead atoms. The highest BCUT2D eigenvalue weighted by Crippen LogP contribution is 2.38. The number of rotatable bonds is 5. The van der Waals surface area contributed by atoms with Crippen LogP contribution < -0.4 is 0 Å². The Morgan fingerprint density at radius 2 is 2.29 bits per heavy atom. The van der Waals surface area contributed by atoms with Crippen molar-refractivity contribution >= 4 is 0 Å². The van der Waals surface area contributed by atoms with E-state index in [1.54, 1.807) is 0 Å². The molecule has 1 aliphatic rings. The normalized spacial score (nSPS) is 30.5. The molecular weight excluding hydrogens is 176 g/mol. The van der Waals surface area contributed by atoms with Gasteiger partial charge in [0.05, 0.1) is 11.7 Å². The molecule has 14 heavy (non-hydrogen) atoms. The summed E-state index contributed by atoms with van der Waals surface area (Å²) in [5.74, 6) is 0.593. The van der Waals surface area contributed by atoms with Gasteiger partial charge >= 0.3 is 0 Å². The predicted molar refractivity (Wildman–Crippen MR) is 58.2 cm³/mol. The molecular formula is C12H22O2. The van der Waals surface area contributed by atoms with Crippen molar-refractivity contribution in [2.75, 3.05) is 6.61 Å². The van der Waals surface area contributed by atoms with E-state index in [1.807, 2.05) is 6.08 Å². The fourth-order valence-electron chi connectivity index (χ4n) is 2.36. The summed E-state index contributed by atoms with van der Waals surface area (Å²) in [4.78, 5) is 0. The number of hydrogen-bond acceptors (Lipinski definition) is 2. The fourth-order valence-corrected chi connectivity index (χ4v) is 2.36. The summed E-state index contributed by atoms with van der Waals surface area (Å²) >= 11 is 0. The summed E-state index contributed by atoms with van der Waals surface area (Å²) in [5.41, 5.74) is 0.00774. The van der Waals surface area contributed by atoms with E-state index in [9.17, 15) is 0 Å². The highest BCUT2D eigenvalue weighted by atomic mass is 16.5. The Kier molecular flexibility index (Phi) is 4.14. The van der Waals surface area contributed by atoms with Gasteiger partial charge in [0.1, 0.15) is 0 Å². The first-order valence-electron chi connectivity index (χ1n) is 5.48. The lowest BCUT2D eigenvalue weighted by molar-refractivity contribution is -0.0196. The Morgan fingerprint density at radius 1 is 1.57 bits per heavy atom. The van der Waals surface area contributed by atoms with Gasteiger partial charge in [-0.3, -0.25) is 0 Å². The van der Waals surface area contributed by atoms with E-state index in [0.29, 0.717) is 12.0 Å². The van der Waals surface area contributed by atoms with Crippen LogP contribution >= 0.6 is 0 Å². The topological polar surface area (TPSA) is 29.5 Å². The second-order valence-electron chi connectivity index (χ2n) is 4.77. The maximum atomic E-state index is 8.81. The Bertz CT molecular complexity index is 187. The monoisotopic (exact) mass is 198 g/mol. The van der Waals surface area contributed by atoms with Crippen molar-refractivity contribution in [3.63, 3.8) is 0 Å². The van der Waals surface area contributed by atoms with Crippen LogP contribution in [0.3, 0.4) is 0 Å². The average Bonchev–Trinajstić information content (AvgIpc) is 2.38. The molecule has 0 amide bonds. The van der Waals surface area contributed by atoms with Gasteiger partial charge in [-0.25, -0.2) is 0 Å². The van der Waals surface area contributed by atoms with Gasteiger partial charge in [-0.15, -0.1) is 6.58 Å². The van der Waals surface area contributed by atoms with Crippen LogP contribution in [0.15, 0.2) is 12.7 Å². The molecule has 0 aromatic heterocycles. The first-order chi connectivity index (χ1) is 6.59. The Balaban J connectivity index is 2.48. The lowest BCUT2D eigenvalue weighted by atomic mass is 9.89. The van der Waals surface area contributed by atoms with E-state index in [2.05, 4.69) is 20.4 Å². The molecule has 0 saturated carbocycles. The van der Waals surface area contributed by atoms with Crippen molar-refractivity contribution in [1.82, 2.24) is 0 Å². The molecule has 0 aliphatic carbocycles. The summed E-state index contributed by atoms with van der Waals surface area (Å²) in [5, 5.41) is 8.81. The quantitative estimate of drug-likeness (QED) is 0.688. The highest BCUT2D eigenvalue weighted by Gasteiger charge is 2.38. The van der Waals surface area contributed by atoms with Crippen LogP contribution in [0.1, 0.15) is 39.5 Å². The largest absolute Gasteiger partial charge is 0.396 e. The zero-order valence-electron chi connectivity index (χ0n) is 9.33. The minimum absolute atomic E-state index is 0.00774. The molecule has 1 saturated heterocycles. The first-order valence-corrected chi connectivity index (χ1v) is 5.48. The second kappa shape index (κ2) is 4.94. The van der Waals surface area contributed by atoms with Crippen molar-refractivity contribution in [3.05, 3.63) is 12.7 Å². The fraction of sp³-hybridized carbons (Fsp3) is 0.833. The molecule has 0 aromatic rings. The second-order valence-corrected chi connectivity index (χ2v) is 4.77. The molecule has 1 heterocycles. The predicted octanol–water partition coefficient (Wildman–Crippen LogP) is 2.52. The van der Waals surface area contributed by atoms with E-state index in [1.165, 1.54) is 0 Å². The van der Waals surface area contributed by atoms with Gasteiger partial charge in [0, 0.05) is 6.61 Å². The summed E-state index contributed by atoms with van der Waals surface area (Å²) in [6.07, 6.45) is 6.23. The molecule has 0 aromatic carbocycles. The van der Waals surface area contributed by atoms with E-state index in [0.717, 1.165) is 25.7 Å². The van der Waals surface area contributed by atoms with Crippen LogP contribution in [0, 0.1) is 5.92 Å². The van der Waals surface area contributed by atoms with Gasteiger partial charge < -0.3 is 9.84 Å². The first kappa shape index (κ1) is 11.7. The van der Waals surface area contributed by atoms with Crippen molar-refractivity contribution in [3.8, 4) is 0 Å². The van der Waals surface area contributed by atoms with Gasteiger partial charge in [-0.2, -0.15) is 0 Å². The molecule has 2 nitrogen and oxygen atoms in total. The lowest BCUT2D eigenvalue weighted by Gasteiger charge is -2.18. The van der Waals surface area contributed by atoms with E-state index in [4.69, 9.17) is 9.84 Å². The molecule has 1 rings (SSSR count). The molecule has 1 aliphatic heterocycles. The van der Waals surface area contributed by atoms with Gasteiger partial charge in [0.2, 0.25) is 0 Å². The summed E-state index contributed by atoms with van der Waals surface area (Å²) in [7, 11) is 0. The van der Waals surface area contributed by atoms with Crippen molar-refractivity contribution in [2.24, 2.45) is 5.92 Å². The highest BCUT2D eigenvalue weighted by molar-refractivity contribution is 4.91. The maximum absolute atomic E-state index is 8.81. The smallest absolute Gasteiger partial charge is 0.0645 e. The van der Waals surface area contributed by atoms with E-state index >= 15 is 0 Å². The maximum Gasteiger partial charge on any atom is 0.0645 e. The molecule has 0 radical (unpaired) electrons. The van der Waals surface area contributed by atoms with Crippen molar-refractivity contribution < 1.29 is 9.84 Å². The summed E-state index contributed by atoms with van der Waals surface area (Å²) in [6.45, 7) is 8.33. The Morgan fingerprint density at radius 3 is 2.86 bits per heavy atom. The lowest BCUT2D eigenvalue weighted by Crippen LogP contribution is -2.19. The molecule has 1 N–H and O–H groups in total. The molecule has 0 spiro atoms. The van der Waals surface area contributed by atoms with Crippen molar-refractivity contribution in [2.45, 2.75) is 51.2 Å². The zero-order chi connectivity index (χ0) is 10.6. The van der Waals surface area contributed by atoms with Crippen LogP contribution in [0.4, 0.5) is 0 Å². The Hall–Kier alpha value is -0.340. The summed E-state index contributed by atoms with van der Waals surface area (Å²) < 4.78 is 5.95. The van der Waals surface area contributed by atoms with Gasteiger partial charge in [-0.1, -0.05) is 6.08 Å². The number of aliphatic hydroxyl groups is 1. The third-order valence-corrected chi connectivity index (χ3v) is 2.88. The van der Waals surface area contributed by atoms with E-state index in [-0.39, 0.29) is 12.2 Å². The third-order valence-electron chi connectivity index (χ3n) is 2.88. The SMILES string of the molecule is C=CC[C@H]1OC(C)(C)C[C@@H]1CCCO. The van der Waals surface area contributed by atoms with Gasteiger partial charge in [0.15, 0.2) is 0 Å². The average molecular weight is 198 g/mol. The van der Waals surface area contributed by atoms with Crippen molar-refractivity contribution in [1.29, 1.82) is 0 Å². The zero-order valence-corrected chi connectivity index (χ0v) is 9.33. The van der Waals surface area contributed by atoms with Crippen LogP contribution in [-0.2, 0) is 4.74 Å². The van der Waals surface area contributed by atoms with E-state index < -0.39 is 0 Å². The van der Waals surface area contributed by atoms with Crippen LogP contribution in [0.2, 0.25) is 0 Å². The van der Waals surface area contributed by atoms with Gasteiger partial charge in [0.25, 0.3) is 0 Å². The minimum Gasteiger partial charge on any atom is -0.396 e. The molecule has 82 valence electrons.